The van der Waals surface area contributed by atoms with Gasteiger partial charge in [-0.2, -0.15) is 0 Å². The molecule has 6 atom stereocenters. The summed E-state index contributed by atoms with van der Waals surface area (Å²) in [5.41, 5.74) is 4.56. The number of nitrogens with zero attached hydrogens (tertiary/aromatic N) is 2. The number of hydrogen-bond donors (Lipinski definition) is 0. The molecule has 1 saturated heterocycles. The Balaban J connectivity index is 1.18. The third-order valence-corrected chi connectivity index (χ3v) is 11.4. The van der Waals surface area contributed by atoms with E-state index in [1.165, 1.54) is 41.2 Å². The first-order valence-corrected chi connectivity index (χ1v) is 15.2. The van der Waals surface area contributed by atoms with E-state index in [-0.39, 0.29) is 16.6 Å². The predicted octanol–water partition coefficient (Wildman–Crippen LogP) is 6.44. The van der Waals surface area contributed by atoms with Gasteiger partial charge >= 0.3 is 0 Å². The average molecular weight is 529 g/mol. The standard InChI is InChI=1S/C34H44N2O3/c1-32-12-10-28-21-27-6-7-29(36(16-18-37-2)17-19-38-3)22-33(27)13-14-34(28,39-33)31(32)9-8-30(32)25-5-4-24-11-15-35-23-26(24)20-25/h4-5,10-11,15,20-21,23,29-31H,6-9,12-14,16-19,22H2,1-3H3/t29-,30+,31+,32+,33?,34+/m0/s1. The minimum atomic E-state index is -0.116. The molecule has 2 saturated carbocycles. The van der Waals surface area contributed by atoms with Crippen LogP contribution >= 0.6 is 0 Å². The Labute approximate surface area is 233 Å². The lowest BCUT2D eigenvalue weighted by Gasteiger charge is -2.55. The molecule has 1 aromatic heterocycles. The SMILES string of the molecule is COCCN(CCOC)[C@H]1CCC2=CC3=CC[C@]4(C)[C@@H](c5ccc6ccncc6c5)CC[C@H]4[C@@]34CCC2(C1)O4. The molecule has 208 valence electrons. The number of fused-ring (bicyclic) bond motifs is 2. The van der Waals surface area contributed by atoms with Crippen molar-refractivity contribution in [2.75, 3.05) is 40.5 Å². The predicted molar refractivity (Wildman–Crippen MR) is 155 cm³/mol. The van der Waals surface area contributed by atoms with E-state index in [9.17, 15) is 0 Å². The first kappa shape index (κ1) is 25.9. The van der Waals surface area contributed by atoms with Crippen LogP contribution in [-0.2, 0) is 14.2 Å². The molecular formula is C34H44N2O3. The fraction of sp³-hybridized carbons (Fsp3) is 0.618. The molecule has 39 heavy (non-hydrogen) atoms. The highest BCUT2D eigenvalue weighted by Gasteiger charge is 2.66. The second-order valence-corrected chi connectivity index (χ2v) is 13.1. The summed E-state index contributed by atoms with van der Waals surface area (Å²) in [6.45, 7) is 6.01. The maximum absolute atomic E-state index is 7.57. The van der Waals surface area contributed by atoms with Gasteiger partial charge in [-0.15, -0.1) is 0 Å². The van der Waals surface area contributed by atoms with Crippen molar-refractivity contribution in [3.8, 4) is 0 Å². The lowest BCUT2D eigenvalue weighted by molar-refractivity contribution is -0.141. The number of hydrogen-bond acceptors (Lipinski definition) is 5. The zero-order valence-electron chi connectivity index (χ0n) is 24.0. The van der Waals surface area contributed by atoms with E-state index in [1.54, 1.807) is 19.8 Å². The van der Waals surface area contributed by atoms with Crippen molar-refractivity contribution in [3.05, 3.63) is 65.5 Å². The molecule has 5 nitrogen and oxygen atoms in total. The van der Waals surface area contributed by atoms with Gasteiger partial charge in [-0.1, -0.05) is 31.2 Å². The zero-order valence-corrected chi connectivity index (χ0v) is 24.0. The van der Waals surface area contributed by atoms with E-state index in [0.717, 1.165) is 58.4 Å². The van der Waals surface area contributed by atoms with Crippen LogP contribution in [0, 0.1) is 11.3 Å². The van der Waals surface area contributed by atoms with Crippen LogP contribution in [0.25, 0.3) is 10.8 Å². The topological polar surface area (TPSA) is 43.8 Å². The Kier molecular flexibility index (Phi) is 6.50. The highest BCUT2D eigenvalue weighted by Crippen LogP contribution is 2.69. The van der Waals surface area contributed by atoms with Crippen LogP contribution in [0.1, 0.15) is 69.8 Å². The molecule has 1 aromatic carbocycles. The van der Waals surface area contributed by atoms with E-state index >= 15 is 0 Å². The Bertz CT molecular complexity index is 1300. The van der Waals surface area contributed by atoms with E-state index in [2.05, 4.69) is 53.2 Å². The van der Waals surface area contributed by atoms with Gasteiger partial charge in [0.2, 0.25) is 0 Å². The maximum Gasteiger partial charge on any atom is 0.0974 e. The average Bonchev–Trinajstić information content (AvgIpc) is 3.47. The molecule has 2 bridgehead atoms. The summed E-state index contributed by atoms with van der Waals surface area (Å²) < 4.78 is 18.5. The fourth-order valence-electron chi connectivity index (χ4n) is 9.46. The molecule has 3 heterocycles. The molecule has 3 fully saturated rings. The van der Waals surface area contributed by atoms with Gasteiger partial charge in [0, 0.05) is 51.1 Å². The van der Waals surface area contributed by atoms with Crippen LogP contribution in [0.5, 0.6) is 0 Å². The lowest BCUT2D eigenvalue weighted by atomic mass is 9.58. The number of aromatic nitrogens is 1. The number of methoxy groups -OCH3 is 2. The quantitative estimate of drug-likeness (QED) is 0.395. The fourth-order valence-corrected chi connectivity index (χ4v) is 9.46. The van der Waals surface area contributed by atoms with Crippen molar-refractivity contribution in [3.63, 3.8) is 0 Å². The normalized spacial score (nSPS) is 36.9. The summed E-state index contributed by atoms with van der Waals surface area (Å²) in [7, 11) is 3.61. The molecule has 2 aliphatic heterocycles. The molecule has 2 aromatic rings. The van der Waals surface area contributed by atoms with Crippen molar-refractivity contribution < 1.29 is 14.2 Å². The molecule has 3 aliphatic carbocycles. The van der Waals surface area contributed by atoms with Crippen LogP contribution in [0.2, 0.25) is 0 Å². The number of benzene rings is 1. The summed E-state index contributed by atoms with van der Waals surface area (Å²) in [5, 5.41) is 2.54. The molecule has 7 rings (SSSR count). The Morgan fingerprint density at radius 3 is 2.69 bits per heavy atom. The van der Waals surface area contributed by atoms with Gasteiger partial charge < -0.3 is 14.2 Å². The second-order valence-electron chi connectivity index (χ2n) is 13.1. The van der Waals surface area contributed by atoms with Crippen molar-refractivity contribution in [1.29, 1.82) is 0 Å². The van der Waals surface area contributed by atoms with E-state index in [4.69, 9.17) is 14.2 Å². The van der Waals surface area contributed by atoms with Crippen molar-refractivity contribution in [2.24, 2.45) is 11.3 Å². The summed E-state index contributed by atoms with van der Waals surface area (Å²) in [6.07, 6.45) is 18.5. The zero-order chi connectivity index (χ0) is 26.7. The Morgan fingerprint density at radius 2 is 1.87 bits per heavy atom. The van der Waals surface area contributed by atoms with Crippen LogP contribution < -0.4 is 0 Å². The summed E-state index contributed by atoms with van der Waals surface area (Å²) >= 11 is 0. The van der Waals surface area contributed by atoms with Gasteiger partial charge in [0.25, 0.3) is 0 Å². The number of allylic oxidation sites excluding steroid dienone is 1. The number of pyridine rings is 1. The maximum atomic E-state index is 7.57. The largest absolute Gasteiger partial charge is 0.383 e. The van der Waals surface area contributed by atoms with Crippen molar-refractivity contribution in [2.45, 2.75) is 81.5 Å². The van der Waals surface area contributed by atoms with Crippen LogP contribution in [0.3, 0.4) is 0 Å². The van der Waals surface area contributed by atoms with Gasteiger partial charge in [0.15, 0.2) is 0 Å². The molecule has 5 aliphatic rings. The molecule has 0 radical (unpaired) electrons. The highest BCUT2D eigenvalue weighted by molar-refractivity contribution is 5.82. The first-order valence-electron chi connectivity index (χ1n) is 15.2. The molecule has 0 N–H and O–H groups in total. The monoisotopic (exact) mass is 528 g/mol. The lowest BCUT2D eigenvalue weighted by Crippen LogP contribution is -2.55. The number of ether oxygens (including phenoxy) is 3. The molecule has 2 spiro atoms. The first-order chi connectivity index (χ1) is 19.0. The summed E-state index contributed by atoms with van der Waals surface area (Å²) in [4.78, 5) is 7.00. The minimum Gasteiger partial charge on any atom is -0.383 e. The molecule has 0 amide bonds. The molecule has 1 unspecified atom stereocenters. The third-order valence-electron chi connectivity index (χ3n) is 11.4. The van der Waals surface area contributed by atoms with Gasteiger partial charge in [-0.25, -0.2) is 0 Å². The van der Waals surface area contributed by atoms with Crippen molar-refractivity contribution >= 4 is 10.8 Å². The van der Waals surface area contributed by atoms with Crippen LogP contribution in [0.15, 0.2) is 60.0 Å². The van der Waals surface area contributed by atoms with Crippen molar-refractivity contribution in [1.82, 2.24) is 9.88 Å². The van der Waals surface area contributed by atoms with Gasteiger partial charge in [0.1, 0.15) is 0 Å². The Morgan fingerprint density at radius 1 is 1.03 bits per heavy atom. The Hall–Kier alpha value is -2.05. The highest BCUT2D eigenvalue weighted by atomic mass is 16.5. The summed E-state index contributed by atoms with van der Waals surface area (Å²) in [5.74, 6) is 1.12. The van der Waals surface area contributed by atoms with Gasteiger partial charge in [-0.05, 0) is 103 Å². The van der Waals surface area contributed by atoms with Gasteiger partial charge in [0.05, 0.1) is 24.4 Å². The number of rotatable bonds is 8. The summed E-state index contributed by atoms with van der Waals surface area (Å²) in [6, 6.07) is 9.73. The third kappa shape index (κ3) is 3.99. The van der Waals surface area contributed by atoms with E-state index < -0.39 is 0 Å². The van der Waals surface area contributed by atoms with E-state index in [1.807, 2.05) is 12.4 Å². The van der Waals surface area contributed by atoms with Crippen LogP contribution in [-0.4, -0.2) is 67.7 Å². The smallest absolute Gasteiger partial charge is 0.0974 e. The van der Waals surface area contributed by atoms with Crippen LogP contribution in [0.4, 0.5) is 0 Å². The van der Waals surface area contributed by atoms with E-state index in [0.29, 0.717) is 17.9 Å². The minimum absolute atomic E-state index is 0.0936. The molecule has 5 heteroatoms. The van der Waals surface area contributed by atoms with Gasteiger partial charge in [-0.3, -0.25) is 9.88 Å². The second kappa shape index (κ2) is 9.80. The molecular weight excluding hydrogens is 484 g/mol.